The predicted molar refractivity (Wildman–Crippen MR) is 143 cm³/mol. The molecule has 3 aliphatic heterocycles. The molecule has 194 valence electrons. The Morgan fingerprint density at radius 2 is 1.86 bits per heavy atom. The summed E-state index contributed by atoms with van der Waals surface area (Å²) < 4.78 is -0.861. The molecule has 0 radical (unpaired) electrons. The molecule has 2 unspecified atom stereocenters. The molecule has 2 aromatic carbocycles. The van der Waals surface area contributed by atoms with Gasteiger partial charge in [-0.3, -0.25) is 14.4 Å². The first-order valence-corrected chi connectivity index (χ1v) is 13.5. The van der Waals surface area contributed by atoms with Gasteiger partial charge in [-0.05, 0) is 43.4 Å². The molecule has 3 aliphatic rings. The van der Waals surface area contributed by atoms with Crippen molar-refractivity contribution in [2.75, 3.05) is 18.1 Å². The summed E-state index contributed by atoms with van der Waals surface area (Å²) in [7, 11) is 0. The lowest BCUT2D eigenvalue weighted by Crippen LogP contribution is -2.56. The van der Waals surface area contributed by atoms with Gasteiger partial charge in [-0.1, -0.05) is 54.6 Å². The Morgan fingerprint density at radius 3 is 2.46 bits per heavy atom. The van der Waals surface area contributed by atoms with E-state index in [0.717, 1.165) is 16.8 Å². The smallest absolute Gasteiger partial charge is 0.308 e. The van der Waals surface area contributed by atoms with E-state index in [1.807, 2.05) is 62.4 Å². The van der Waals surface area contributed by atoms with E-state index >= 15 is 0 Å². The molecule has 1 spiro atoms. The molecule has 0 aromatic heterocycles. The van der Waals surface area contributed by atoms with Gasteiger partial charge in [0.25, 0.3) is 5.91 Å². The highest BCUT2D eigenvalue weighted by Crippen LogP contribution is 2.67. The van der Waals surface area contributed by atoms with Crippen molar-refractivity contribution < 1.29 is 24.6 Å². The number of rotatable bonds is 8. The number of thioether (sulfide) groups is 1. The first-order chi connectivity index (χ1) is 17.8. The monoisotopic (exact) mass is 520 g/mol. The Kier molecular flexibility index (Phi) is 6.66. The first-order valence-electron chi connectivity index (χ1n) is 12.6. The molecule has 0 aliphatic carbocycles. The number of aliphatic carboxylic acids is 1. The standard InChI is InChI=1S/C29H32N2O5S/c1-4-15-30(24-17(2)9-8-10-18(24)3)27(34)25-29-14-13-21(37-29)22(28(35)36)23(29)26(33)31(25)20(16-32)19-11-6-5-7-12-19/h4-12,20-23,25,32H,1,13-16H2,2-3H3,(H,35,36)/t20-,21-,22+,23+,25?,29?/m1/s1. The lowest BCUT2D eigenvalue weighted by molar-refractivity contribution is -0.149. The highest BCUT2D eigenvalue weighted by Gasteiger charge is 2.74. The second kappa shape index (κ2) is 9.65. The van der Waals surface area contributed by atoms with Crippen molar-refractivity contribution in [2.45, 2.75) is 48.8 Å². The number of fused-ring (bicyclic) bond motifs is 1. The minimum absolute atomic E-state index is 0.207. The maximum Gasteiger partial charge on any atom is 0.308 e. The van der Waals surface area contributed by atoms with Crippen LogP contribution in [0.25, 0.3) is 0 Å². The van der Waals surface area contributed by atoms with E-state index in [4.69, 9.17) is 0 Å². The van der Waals surface area contributed by atoms with Crippen LogP contribution in [0.5, 0.6) is 0 Å². The zero-order chi connectivity index (χ0) is 26.5. The number of carboxylic acid groups (broad SMARTS) is 1. The van der Waals surface area contributed by atoms with Crippen molar-refractivity contribution in [1.29, 1.82) is 0 Å². The van der Waals surface area contributed by atoms with E-state index in [9.17, 15) is 24.6 Å². The number of benzene rings is 2. The van der Waals surface area contributed by atoms with Gasteiger partial charge in [0.1, 0.15) is 6.04 Å². The van der Waals surface area contributed by atoms with E-state index in [1.54, 1.807) is 11.0 Å². The molecule has 2 bridgehead atoms. The van der Waals surface area contributed by atoms with Gasteiger partial charge < -0.3 is 20.0 Å². The van der Waals surface area contributed by atoms with Gasteiger partial charge in [0.05, 0.1) is 29.2 Å². The number of likely N-dealkylation sites (tertiary alicyclic amines) is 1. The van der Waals surface area contributed by atoms with Crippen LogP contribution in [-0.2, 0) is 14.4 Å². The van der Waals surface area contributed by atoms with Crippen LogP contribution < -0.4 is 4.90 Å². The number of hydrogen-bond donors (Lipinski definition) is 2. The summed E-state index contributed by atoms with van der Waals surface area (Å²) in [6.07, 6.45) is 2.89. The Bertz CT molecular complexity index is 1230. The van der Waals surface area contributed by atoms with Crippen molar-refractivity contribution >= 4 is 35.2 Å². The lowest BCUT2D eigenvalue weighted by Gasteiger charge is -2.40. The summed E-state index contributed by atoms with van der Waals surface area (Å²) in [5.74, 6) is -3.28. The van der Waals surface area contributed by atoms with Gasteiger partial charge in [-0.2, -0.15) is 0 Å². The molecule has 2 N–H and O–H groups in total. The van der Waals surface area contributed by atoms with E-state index in [0.29, 0.717) is 18.4 Å². The molecule has 5 rings (SSSR count). The molecule has 3 saturated heterocycles. The SMILES string of the molecule is C=CCN(C(=O)C1N([C@H](CO)c2ccccc2)C(=O)[C@@H]2[C@@H](C(=O)O)[C@H]3CCC12S3)c1c(C)cccc1C. The molecule has 6 atom stereocenters. The number of carbonyl (C=O) groups excluding carboxylic acids is 2. The highest BCUT2D eigenvalue weighted by molar-refractivity contribution is 8.02. The van der Waals surface area contributed by atoms with Gasteiger partial charge in [-0.25, -0.2) is 0 Å². The second-order valence-electron chi connectivity index (χ2n) is 10.2. The fourth-order valence-corrected chi connectivity index (χ4v) is 9.01. The van der Waals surface area contributed by atoms with E-state index in [1.165, 1.54) is 16.7 Å². The quantitative estimate of drug-likeness (QED) is 0.515. The first kappa shape index (κ1) is 25.5. The van der Waals surface area contributed by atoms with E-state index in [2.05, 4.69) is 6.58 Å². The van der Waals surface area contributed by atoms with Crippen LogP contribution in [0.1, 0.15) is 35.6 Å². The van der Waals surface area contributed by atoms with Crippen molar-refractivity contribution in [2.24, 2.45) is 11.8 Å². The van der Waals surface area contributed by atoms with Gasteiger partial charge >= 0.3 is 5.97 Å². The van der Waals surface area contributed by atoms with Gasteiger partial charge in [-0.15, -0.1) is 18.3 Å². The van der Waals surface area contributed by atoms with Crippen molar-refractivity contribution in [3.63, 3.8) is 0 Å². The molecular weight excluding hydrogens is 488 g/mol. The molecule has 0 saturated carbocycles. The maximum absolute atomic E-state index is 14.7. The number of amides is 2. The Morgan fingerprint density at radius 1 is 1.19 bits per heavy atom. The molecule has 7 nitrogen and oxygen atoms in total. The third kappa shape index (κ3) is 3.80. The number of anilines is 1. The van der Waals surface area contributed by atoms with Crippen LogP contribution >= 0.6 is 11.8 Å². The highest BCUT2D eigenvalue weighted by atomic mass is 32.2. The number of carbonyl (C=O) groups is 3. The molecular formula is C29H32N2O5S. The number of aliphatic hydroxyl groups excluding tert-OH is 1. The molecule has 2 amide bonds. The minimum atomic E-state index is -0.997. The Hall–Kier alpha value is -3.10. The van der Waals surface area contributed by atoms with Crippen molar-refractivity contribution in [1.82, 2.24) is 4.90 Å². The number of carboxylic acids is 1. The average molecular weight is 521 g/mol. The maximum atomic E-state index is 14.7. The number of aliphatic hydroxyl groups is 1. The third-order valence-corrected chi connectivity index (χ3v) is 10.2. The van der Waals surface area contributed by atoms with E-state index in [-0.39, 0.29) is 30.2 Å². The summed E-state index contributed by atoms with van der Waals surface area (Å²) in [5.41, 5.74) is 3.33. The largest absolute Gasteiger partial charge is 0.481 e. The zero-order valence-electron chi connectivity index (χ0n) is 21.0. The van der Waals surface area contributed by atoms with Crippen LogP contribution in [0.15, 0.2) is 61.2 Å². The van der Waals surface area contributed by atoms with Gasteiger partial charge in [0.15, 0.2) is 0 Å². The summed E-state index contributed by atoms with van der Waals surface area (Å²) in [6.45, 7) is 7.64. The fraction of sp³-hybridized carbons (Fsp3) is 0.414. The topological polar surface area (TPSA) is 98.2 Å². The molecule has 3 heterocycles. The molecule has 2 aromatic rings. The summed E-state index contributed by atoms with van der Waals surface area (Å²) in [5, 5.41) is 20.5. The van der Waals surface area contributed by atoms with Crippen molar-refractivity contribution in [3.05, 3.63) is 77.9 Å². The number of para-hydroxylation sites is 1. The predicted octanol–water partition coefficient (Wildman–Crippen LogP) is 3.73. The number of hydrogen-bond acceptors (Lipinski definition) is 5. The Labute approximate surface area is 221 Å². The number of nitrogens with zero attached hydrogens (tertiary/aromatic N) is 2. The van der Waals surface area contributed by atoms with E-state index < -0.39 is 34.6 Å². The van der Waals surface area contributed by atoms with Crippen LogP contribution in [0.4, 0.5) is 5.69 Å². The normalized spacial score (nSPS) is 28.7. The average Bonchev–Trinajstić information content (AvgIpc) is 3.52. The number of aryl methyl sites for hydroxylation is 2. The summed E-state index contributed by atoms with van der Waals surface area (Å²) in [6, 6.07) is 13.3. The molecule has 37 heavy (non-hydrogen) atoms. The summed E-state index contributed by atoms with van der Waals surface area (Å²) >= 11 is 1.49. The lowest BCUT2D eigenvalue weighted by atomic mass is 9.71. The van der Waals surface area contributed by atoms with Crippen LogP contribution in [0.2, 0.25) is 0 Å². The van der Waals surface area contributed by atoms with Gasteiger partial charge in [0, 0.05) is 17.5 Å². The minimum Gasteiger partial charge on any atom is -0.481 e. The van der Waals surface area contributed by atoms with Crippen LogP contribution in [-0.4, -0.2) is 62.1 Å². The third-order valence-electron chi connectivity index (χ3n) is 8.24. The fourth-order valence-electron chi connectivity index (χ4n) is 6.82. The van der Waals surface area contributed by atoms with Gasteiger partial charge in [0.2, 0.25) is 5.91 Å². The molecule has 3 fully saturated rings. The second-order valence-corrected chi connectivity index (χ2v) is 11.8. The van der Waals surface area contributed by atoms with Crippen LogP contribution in [0.3, 0.4) is 0 Å². The molecule has 8 heteroatoms. The zero-order valence-corrected chi connectivity index (χ0v) is 21.9. The van der Waals surface area contributed by atoms with Crippen molar-refractivity contribution in [3.8, 4) is 0 Å². The summed E-state index contributed by atoms with van der Waals surface area (Å²) in [4.78, 5) is 44.4. The Balaban J connectivity index is 1.68. The van der Waals surface area contributed by atoms with Crippen LogP contribution in [0, 0.1) is 25.7 Å².